The third kappa shape index (κ3) is 2.02. The minimum Gasteiger partial charge on any atom is -0.389 e. The van der Waals surface area contributed by atoms with Gasteiger partial charge in [-0.05, 0) is 50.7 Å². The molecule has 1 aromatic rings. The molecule has 1 aromatic heterocycles. The molecule has 17 heavy (non-hydrogen) atoms. The third-order valence-corrected chi connectivity index (χ3v) is 3.96. The van der Waals surface area contributed by atoms with Gasteiger partial charge in [-0.3, -0.25) is 0 Å². The fraction of sp³-hybridized carbons (Fsp3) is 0.538. The molecule has 0 unspecified atom stereocenters. The molecule has 1 heterocycles. The molecule has 90 valence electrons. The van der Waals surface area contributed by atoms with Gasteiger partial charge in [0.1, 0.15) is 10.8 Å². The molecule has 0 bridgehead atoms. The van der Waals surface area contributed by atoms with E-state index in [0.29, 0.717) is 4.99 Å². The summed E-state index contributed by atoms with van der Waals surface area (Å²) >= 11 is 5.13. The van der Waals surface area contributed by atoms with E-state index in [1.54, 1.807) is 0 Å². The van der Waals surface area contributed by atoms with Gasteiger partial charge in [0.05, 0.1) is 5.56 Å². The van der Waals surface area contributed by atoms with E-state index in [2.05, 4.69) is 18.3 Å². The molecule has 4 heteroatoms. The largest absolute Gasteiger partial charge is 0.389 e. The van der Waals surface area contributed by atoms with Crippen molar-refractivity contribution in [3.63, 3.8) is 0 Å². The topological polar surface area (TPSA) is 50.9 Å². The van der Waals surface area contributed by atoms with Gasteiger partial charge in [-0.2, -0.15) is 0 Å². The van der Waals surface area contributed by atoms with Crippen LogP contribution in [-0.2, 0) is 12.8 Å². The van der Waals surface area contributed by atoms with Crippen LogP contribution in [0.2, 0.25) is 0 Å². The molecule has 0 amide bonds. The van der Waals surface area contributed by atoms with Crippen molar-refractivity contribution in [2.24, 2.45) is 5.73 Å². The number of nitrogens with two attached hydrogens (primary N) is 1. The Hall–Kier alpha value is -1.16. The first-order chi connectivity index (χ1) is 8.07. The molecule has 0 aromatic carbocycles. The van der Waals surface area contributed by atoms with Gasteiger partial charge in [0.15, 0.2) is 0 Å². The Morgan fingerprint density at radius 2 is 2.24 bits per heavy atom. The maximum absolute atomic E-state index is 5.80. The number of fused-ring (bicyclic) bond motifs is 1. The number of hydrogen-bond donors (Lipinski definition) is 2. The summed E-state index contributed by atoms with van der Waals surface area (Å²) in [6.45, 7) is 2.21. The van der Waals surface area contributed by atoms with Crippen molar-refractivity contribution in [2.75, 3.05) is 5.32 Å². The van der Waals surface area contributed by atoms with E-state index in [9.17, 15) is 0 Å². The molecular weight excluding hydrogens is 230 g/mol. The number of pyridine rings is 1. The average molecular weight is 247 g/mol. The molecule has 3 nitrogen and oxygen atoms in total. The summed E-state index contributed by atoms with van der Waals surface area (Å²) in [5.74, 6) is 0.887. The highest BCUT2D eigenvalue weighted by Gasteiger charge is 2.38. The quantitative estimate of drug-likeness (QED) is 0.804. The highest BCUT2D eigenvalue weighted by molar-refractivity contribution is 7.80. The maximum atomic E-state index is 5.80. The van der Waals surface area contributed by atoms with Gasteiger partial charge in [-0.25, -0.2) is 4.98 Å². The SMILES string of the molecule is CC1(Nc2nc3c(cc2C(N)=S)CCC3)CC1. The first-order valence-corrected chi connectivity index (χ1v) is 6.59. The summed E-state index contributed by atoms with van der Waals surface area (Å²) in [4.78, 5) is 5.16. The van der Waals surface area contributed by atoms with Crippen LogP contribution >= 0.6 is 12.2 Å². The summed E-state index contributed by atoms with van der Waals surface area (Å²) in [6.07, 6.45) is 5.78. The van der Waals surface area contributed by atoms with Crippen LogP contribution in [-0.4, -0.2) is 15.5 Å². The molecule has 3 N–H and O–H groups in total. The molecule has 1 saturated carbocycles. The van der Waals surface area contributed by atoms with Crippen molar-refractivity contribution in [3.05, 3.63) is 22.9 Å². The van der Waals surface area contributed by atoms with Crippen LogP contribution in [0, 0.1) is 0 Å². The molecule has 0 aliphatic heterocycles. The molecule has 2 aliphatic carbocycles. The van der Waals surface area contributed by atoms with Crippen molar-refractivity contribution >= 4 is 23.0 Å². The summed E-state index contributed by atoms with van der Waals surface area (Å²) in [5, 5.41) is 3.49. The monoisotopic (exact) mass is 247 g/mol. The van der Waals surface area contributed by atoms with Gasteiger partial charge in [-0.15, -0.1) is 0 Å². The van der Waals surface area contributed by atoms with Crippen molar-refractivity contribution < 1.29 is 0 Å². The number of aryl methyl sites for hydroxylation is 2. The lowest BCUT2D eigenvalue weighted by atomic mass is 10.1. The van der Waals surface area contributed by atoms with Crippen molar-refractivity contribution in [3.8, 4) is 0 Å². The number of anilines is 1. The third-order valence-electron chi connectivity index (χ3n) is 3.74. The van der Waals surface area contributed by atoms with Gasteiger partial charge in [-0.1, -0.05) is 12.2 Å². The van der Waals surface area contributed by atoms with Crippen molar-refractivity contribution in [2.45, 2.75) is 44.6 Å². The first-order valence-electron chi connectivity index (χ1n) is 6.18. The lowest BCUT2D eigenvalue weighted by Gasteiger charge is -2.17. The molecule has 0 atom stereocenters. The number of nitrogens with one attached hydrogen (secondary N) is 1. The van der Waals surface area contributed by atoms with Crippen molar-refractivity contribution in [1.29, 1.82) is 0 Å². The van der Waals surface area contributed by atoms with E-state index in [-0.39, 0.29) is 5.54 Å². The van der Waals surface area contributed by atoms with E-state index >= 15 is 0 Å². The highest BCUT2D eigenvalue weighted by Crippen LogP contribution is 2.39. The number of rotatable bonds is 3. The zero-order valence-electron chi connectivity index (χ0n) is 10.0. The minimum atomic E-state index is 0.208. The fourth-order valence-electron chi connectivity index (χ4n) is 2.35. The molecule has 0 saturated heterocycles. The molecule has 1 fully saturated rings. The zero-order chi connectivity index (χ0) is 12.0. The molecule has 2 aliphatic rings. The Morgan fingerprint density at radius 1 is 1.47 bits per heavy atom. The minimum absolute atomic E-state index is 0.208. The molecule has 0 spiro atoms. The summed E-state index contributed by atoms with van der Waals surface area (Å²) in [7, 11) is 0. The Balaban J connectivity index is 2.02. The lowest BCUT2D eigenvalue weighted by molar-refractivity contribution is 0.816. The molecule has 3 rings (SSSR count). The van der Waals surface area contributed by atoms with Crippen LogP contribution in [0.15, 0.2) is 6.07 Å². The van der Waals surface area contributed by atoms with Crippen LogP contribution in [0.5, 0.6) is 0 Å². The Labute approximate surface area is 107 Å². The summed E-state index contributed by atoms with van der Waals surface area (Å²) in [5.41, 5.74) is 9.46. The standard InChI is InChI=1S/C13H17N3S/c1-13(5-6-13)16-12-9(11(14)17)7-8-3-2-4-10(8)15-12/h7H,2-6H2,1H3,(H2,14,17)(H,15,16). The van der Waals surface area contributed by atoms with Gasteiger partial charge in [0.2, 0.25) is 0 Å². The Kier molecular flexibility index (Phi) is 2.36. The second-order valence-electron chi connectivity index (χ2n) is 5.39. The molecular formula is C13H17N3S. The Morgan fingerprint density at radius 3 is 2.88 bits per heavy atom. The van der Waals surface area contributed by atoms with E-state index < -0.39 is 0 Å². The number of aromatic nitrogens is 1. The van der Waals surface area contributed by atoms with Gasteiger partial charge in [0.25, 0.3) is 0 Å². The van der Waals surface area contributed by atoms with Crippen LogP contribution < -0.4 is 11.1 Å². The maximum Gasteiger partial charge on any atom is 0.136 e. The smallest absolute Gasteiger partial charge is 0.136 e. The second-order valence-corrected chi connectivity index (χ2v) is 5.83. The Bertz CT molecular complexity index is 492. The lowest BCUT2D eigenvalue weighted by Crippen LogP contribution is -2.22. The summed E-state index contributed by atoms with van der Waals surface area (Å²) in [6, 6.07) is 2.13. The van der Waals surface area contributed by atoms with Crippen LogP contribution in [0.3, 0.4) is 0 Å². The van der Waals surface area contributed by atoms with Crippen LogP contribution in [0.25, 0.3) is 0 Å². The van der Waals surface area contributed by atoms with E-state index in [4.69, 9.17) is 22.9 Å². The predicted molar refractivity (Wildman–Crippen MR) is 73.4 cm³/mol. The number of nitrogens with zero attached hydrogens (tertiary/aromatic N) is 1. The highest BCUT2D eigenvalue weighted by atomic mass is 32.1. The first kappa shape index (κ1) is 11.0. The number of hydrogen-bond acceptors (Lipinski definition) is 3. The fourth-order valence-corrected chi connectivity index (χ4v) is 2.51. The van der Waals surface area contributed by atoms with E-state index in [1.165, 1.54) is 30.5 Å². The second kappa shape index (κ2) is 3.67. The normalized spacial score (nSPS) is 19.8. The number of thiocarbonyl (C=S) groups is 1. The van der Waals surface area contributed by atoms with Gasteiger partial charge in [0, 0.05) is 11.2 Å². The van der Waals surface area contributed by atoms with E-state index in [1.807, 2.05) is 0 Å². The summed E-state index contributed by atoms with van der Waals surface area (Å²) < 4.78 is 0. The van der Waals surface area contributed by atoms with E-state index in [0.717, 1.165) is 24.2 Å². The van der Waals surface area contributed by atoms with Crippen LogP contribution in [0.4, 0.5) is 5.82 Å². The molecule has 0 radical (unpaired) electrons. The van der Waals surface area contributed by atoms with Crippen molar-refractivity contribution in [1.82, 2.24) is 4.98 Å². The van der Waals surface area contributed by atoms with Gasteiger partial charge >= 0.3 is 0 Å². The predicted octanol–water partition coefficient (Wildman–Crippen LogP) is 2.17. The van der Waals surface area contributed by atoms with Gasteiger partial charge < -0.3 is 11.1 Å². The average Bonchev–Trinajstić information content (AvgIpc) is 2.83. The zero-order valence-corrected chi connectivity index (χ0v) is 10.9. The van der Waals surface area contributed by atoms with Crippen LogP contribution in [0.1, 0.15) is 43.0 Å².